The Morgan fingerprint density at radius 3 is 2.70 bits per heavy atom. The minimum Gasteiger partial charge on any atom is -0.375 e. The molecular formula is C16H27Cl2N3O2. The van der Waals surface area contributed by atoms with Crippen LogP contribution in [-0.2, 0) is 16.1 Å². The molecule has 0 spiro atoms. The average molecular weight is 364 g/mol. The van der Waals surface area contributed by atoms with Crippen molar-refractivity contribution < 1.29 is 9.53 Å². The lowest BCUT2D eigenvalue weighted by atomic mass is 10.1. The van der Waals surface area contributed by atoms with Gasteiger partial charge in [0.05, 0.1) is 19.1 Å². The summed E-state index contributed by atoms with van der Waals surface area (Å²) in [6, 6.07) is 10.4. The topological polar surface area (TPSA) is 53.6 Å². The molecule has 1 saturated heterocycles. The number of carbonyl (C=O) groups is 1. The summed E-state index contributed by atoms with van der Waals surface area (Å²) in [6.45, 7) is 4.80. The summed E-state index contributed by atoms with van der Waals surface area (Å²) in [7, 11) is 1.87. The third kappa shape index (κ3) is 8.53. The number of nitrogens with one attached hydrogen (secondary N) is 2. The molecular weight excluding hydrogens is 337 g/mol. The van der Waals surface area contributed by atoms with Gasteiger partial charge in [0.15, 0.2) is 0 Å². The fraction of sp³-hybridized carbons (Fsp3) is 0.562. The van der Waals surface area contributed by atoms with Gasteiger partial charge in [-0.15, -0.1) is 24.8 Å². The molecule has 23 heavy (non-hydrogen) atoms. The van der Waals surface area contributed by atoms with E-state index in [-0.39, 0.29) is 36.8 Å². The van der Waals surface area contributed by atoms with Crippen LogP contribution < -0.4 is 10.6 Å². The number of amides is 1. The largest absolute Gasteiger partial charge is 0.375 e. The molecule has 2 rings (SSSR count). The van der Waals surface area contributed by atoms with E-state index in [4.69, 9.17) is 4.74 Å². The summed E-state index contributed by atoms with van der Waals surface area (Å²) in [5, 5.41) is 5.90. The van der Waals surface area contributed by atoms with Crippen LogP contribution in [0.1, 0.15) is 12.0 Å². The highest BCUT2D eigenvalue weighted by Crippen LogP contribution is 2.12. The smallest absolute Gasteiger partial charge is 0.222 e. The van der Waals surface area contributed by atoms with Crippen LogP contribution in [0.4, 0.5) is 0 Å². The van der Waals surface area contributed by atoms with E-state index in [2.05, 4.69) is 39.8 Å². The van der Waals surface area contributed by atoms with Crippen molar-refractivity contribution in [2.24, 2.45) is 0 Å². The van der Waals surface area contributed by atoms with Gasteiger partial charge in [0.2, 0.25) is 5.91 Å². The van der Waals surface area contributed by atoms with E-state index in [9.17, 15) is 4.79 Å². The van der Waals surface area contributed by atoms with Crippen LogP contribution in [-0.4, -0.2) is 56.7 Å². The van der Waals surface area contributed by atoms with Crippen molar-refractivity contribution in [2.75, 3.05) is 39.8 Å². The fourth-order valence-electron chi connectivity index (χ4n) is 2.50. The summed E-state index contributed by atoms with van der Waals surface area (Å²) in [4.78, 5) is 14.2. The number of benzene rings is 1. The molecule has 0 radical (unpaired) electrons. The Labute approximate surface area is 151 Å². The number of halogens is 2. The number of hydrogen-bond donors (Lipinski definition) is 2. The van der Waals surface area contributed by atoms with Crippen LogP contribution in [0.3, 0.4) is 0 Å². The predicted octanol–water partition coefficient (Wildman–Crippen LogP) is 1.46. The van der Waals surface area contributed by atoms with Crippen LogP contribution in [0.15, 0.2) is 30.3 Å². The molecule has 1 aromatic carbocycles. The first-order valence-corrected chi connectivity index (χ1v) is 7.57. The summed E-state index contributed by atoms with van der Waals surface area (Å²) >= 11 is 0. The number of likely N-dealkylation sites (N-methyl/N-ethyl adjacent to an activating group) is 1. The van der Waals surface area contributed by atoms with Gasteiger partial charge in [-0.3, -0.25) is 9.69 Å². The molecule has 0 aliphatic carbocycles. The Morgan fingerprint density at radius 2 is 2.00 bits per heavy atom. The third-order valence-electron chi connectivity index (χ3n) is 3.58. The zero-order chi connectivity index (χ0) is 14.9. The minimum absolute atomic E-state index is 0. The Balaban J connectivity index is 0.00000242. The number of ether oxygens (including phenoxy) is 1. The van der Waals surface area contributed by atoms with E-state index < -0.39 is 0 Å². The standard InChI is InChI=1S/C16H25N3O2.2ClH/c1-17-7-8-18-16(20)11-15-13-19(9-10-21-15)12-14-5-3-2-4-6-14;;/h2-6,15,17H,7-13H2,1H3,(H,18,20);2*1H. The average Bonchev–Trinajstić information content (AvgIpc) is 2.49. The first kappa shape index (κ1) is 22.1. The normalized spacial score (nSPS) is 17.7. The molecule has 1 atom stereocenters. The second-order valence-electron chi connectivity index (χ2n) is 5.37. The molecule has 0 saturated carbocycles. The molecule has 7 heteroatoms. The van der Waals surface area contributed by atoms with E-state index in [1.54, 1.807) is 0 Å². The lowest BCUT2D eigenvalue weighted by molar-refractivity contribution is -0.126. The number of carbonyl (C=O) groups excluding carboxylic acids is 1. The molecule has 5 nitrogen and oxygen atoms in total. The highest BCUT2D eigenvalue weighted by atomic mass is 35.5. The van der Waals surface area contributed by atoms with Gasteiger partial charge >= 0.3 is 0 Å². The van der Waals surface area contributed by atoms with Gasteiger partial charge in [-0.2, -0.15) is 0 Å². The Bertz CT molecular complexity index is 435. The number of rotatable bonds is 7. The van der Waals surface area contributed by atoms with Crippen molar-refractivity contribution in [2.45, 2.75) is 19.1 Å². The maximum absolute atomic E-state index is 11.8. The molecule has 132 valence electrons. The molecule has 1 aromatic rings. The quantitative estimate of drug-likeness (QED) is 0.720. The van der Waals surface area contributed by atoms with E-state index in [0.29, 0.717) is 19.6 Å². The molecule has 0 bridgehead atoms. The zero-order valence-electron chi connectivity index (χ0n) is 13.5. The highest BCUT2D eigenvalue weighted by Gasteiger charge is 2.22. The Kier molecular flexibility index (Phi) is 12.1. The number of hydrogen-bond acceptors (Lipinski definition) is 4. The van der Waals surface area contributed by atoms with E-state index in [1.165, 1.54) is 5.56 Å². The van der Waals surface area contributed by atoms with E-state index in [0.717, 1.165) is 26.2 Å². The molecule has 1 heterocycles. The molecule has 1 fully saturated rings. The second-order valence-corrected chi connectivity index (χ2v) is 5.37. The first-order chi connectivity index (χ1) is 10.3. The van der Waals surface area contributed by atoms with Gasteiger partial charge in [-0.05, 0) is 12.6 Å². The molecule has 2 N–H and O–H groups in total. The van der Waals surface area contributed by atoms with Crippen LogP contribution in [0, 0.1) is 0 Å². The SMILES string of the molecule is CNCCNC(=O)CC1CN(Cc2ccccc2)CCO1.Cl.Cl. The van der Waals surface area contributed by atoms with Gasteiger partial charge in [0.1, 0.15) is 0 Å². The minimum atomic E-state index is -0.00273. The molecule has 1 aliphatic rings. The lowest BCUT2D eigenvalue weighted by Crippen LogP contribution is -2.44. The van der Waals surface area contributed by atoms with Crippen LogP contribution in [0.5, 0.6) is 0 Å². The lowest BCUT2D eigenvalue weighted by Gasteiger charge is -2.32. The third-order valence-corrected chi connectivity index (χ3v) is 3.58. The van der Waals surface area contributed by atoms with Gasteiger partial charge < -0.3 is 15.4 Å². The van der Waals surface area contributed by atoms with E-state index >= 15 is 0 Å². The van der Waals surface area contributed by atoms with Crippen LogP contribution >= 0.6 is 24.8 Å². The second kappa shape index (κ2) is 12.6. The predicted molar refractivity (Wildman–Crippen MR) is 97.5 cm³/mol. The van der Waals surface area contributed by atoms with Gasteiger partial charge in [-0.1, -0.05) is 30.3 Å². The molecule has 1 aliphatic heterocycles. The van der Waals surface area contributed by atoms with E-state index in [1.807, 2.05) is 13.1 Å². The molecule has 1 amide bonds. The van der Waals surface area contributed by atoms with Crippen LogP contribution in [0.25, 0.3) is 0 Å². The Morgan fingerprint density at radius 1 is 1.26 bits per heavy atom. The van der Waals surface area contributed by atoms with Crippen molar-refractivity contribution >= 4 is 30.7 Å². The van der Waals surface area contributed by atoms with Gasteiger partial charge in [0.25, 0.3) is 0 Å². The van der Waals surface area contributed by atoms with Gasteiger partial charge in [-0.25, -0.2) is 0 Å². The first-order valence-electron chi connectivity index (χ1n) is 7.57. The zero-order valence-corrected chi connectivity index (χ0v) is 15.1. The fourth-order valence-corrected chi connectivity index (χ4v) is 2.50. The van der Waals surface area contributed by atoms with Gasteiger partial charge in [0, 0.05) is 32.7 Å². The Hall–Kier alpha value is -0.850. The summed E-state index contributed by atoms with van der Waals surface area (Å²) in [6.07, 6.45) is 0.437. The van der Waals surface area contributed by atoms with Crippen molar-refractivity contribution in [1.82, 2.24) is 15.5 Å². The number of morpholine rings is 1. The van der Waals surface area contributed by atoms with Crippen LogP contribution in [0.2, 0.25) is 0 Å². The van der Waals surface area contributed by atoms with Crippen molar-refractivity contribution in [1.29, 1.82) is 0 Å². The highest BCUT2D eigenvalue weighted by molar-refractivity contribution is 5.85. The van der Waals surface area contributed by atoms with Crippen molar-refractivity contribution in [3.8, 4) is 0 Å². The summed E-state index contributed by atoms with van der Waals surface area (Å²) in [5.74, 6) is 0.0665. The monoisotopic (exact) mass is 363 g/mol. The molecule has 1 unspecified atom stereocenters. The van der Waals surface area contributed by atoms with Crippen molar-refractivity contribution in [3.05, 3.63) is 35.9 Å². The number of nitrogens with zero attached hydrogens (tertiary/aromatic N) is 1. The summed E-state index contributed by atoms with van der Waals surface area (Å²) < 4.78 is 5.70. The maximum Gasteiger partial charge on any atom is 0.222 e. The van der Waals surface area contributed by atoms with Crippen molar-refractivity contribution in [3.63, 3.8) is 0 Å². The maximum atomic E-state index is 11.8. The molecule has 0 aromatic heterocycles. The summed E-state index contributed by atoms with van der Waals surface area (Å²) in [5.41, 5.74) is 1.30.